The molecule has 7 nitrogen and oxygen atoms in total. The van der Waals surface area contributed by atoms with Gasteiger partial charge in [-0.2, -0.15) is 0 Å². The smallest absolute Gasteiger partial charge is 0.407 e. The van der Waals surface area contributed by atoms with Crippen molar-refractivity contribution in [3.63, 3.8) is 0 Å². The number of nitrogens with one attached hydrogen (secondary N) is 2. The average Bonchev–Trinajstić information content (AvgIpc) is 2.72. The van der Waals surface area contributed by atoms with E-state index >= 15 is 0 Å². The van der Waals surface area contributed by atoms with Crippen LogP contribution in [0.15, 0.2) is 60.7 Å². The normalized spacial score (nSPS) is 11.2. The summed E-state index contributed by atoms with van der Waals surface area (Å²) in [6.07, 6.45) is -0.580. The minimum absolute atomic E-state index is 0.0245. The van der Waals surface area contributed by atoms with Crippen LogP contribution in [0.5, 0.6) is 0 Å². The van der Waals surface area contributed by atoms with E-state index in [1.54, 1.807) is 6.92 Å². The number of rotatable bonds is 9. The molecule has 28 heavy (non-hydrogen) atoms. The maximum absolute atomic E-state index is 11.9. The summed E-state index contributed by atoms with van der Waals surface area (Å²) in [5.74, 6) is -0.889. The van der Waals surface area contributed by atoms with E-state index in [0.717, 1.165) is 11.1 Å². The summed E-state index contributed by atoms with van der Waals surface area (Å²) < 4.78 is 10.2. The quantitative estimate of drug-likeness (QED) is 0.648. The second-order valence-electron chi connectivity index (χ2n) is 6.12. The molecule has 7 heteroatoms. The van der Waals surface area contributed by atoms with Gasteiger partial charge in [-0.3, -0.25) is 4.79 Å². The molecule has 2 N–H and O–H groups in total. The van der Waals surface area contributed by atoms with Crippen molar-refractivity contribution in [3.8, 4) is 0 Å². The van der Waals surface area contributed by atoms with E-state index in [2.05, 4.69) is 10.6 Å². The van der Waals surface area contributed by atoms with Gasteiger partial charge in [0, 0.05) is 13.0 Å². The summed E-state index contributed by atoms with van der Waals surface area (Å²) >= 11 is 0. The molecule has 1 atom stereocenters. The summed E-state index contributed by atoms with van der Waals surface area (Å²) in [5.41, 5.74) is 1.74. The molecule has 0 radical (unpaired) electrons. The standard InChI is InChI=1S/C21H24N2O5/c1-16(20(25)27-14-17-8-4-2-5-9-17)23-19(24)12-13-22-21(26)28-15-18-10-6-3-7-11-18/h2-11,16H,12-15H2,1H3,(H,22,26)(H,23,24). The Kier molecular flexibility index (Phi) is 8.52. The molecule has 0 fully saturated rings. The van der Waals surface area contributed by atoms with Crippen molar-refractivity contribution in [3.05, 3.63) is 71.8 Å². The number of carbonyl (C=O) groups is 3. The Balaban J connectivity index is 1.59. The van der Waals surface area contributed by atoms with Crippen LogP contribution in [0.2, 0.25) is 0 Å². The molecule has 0 saturated heterocycles. The molecule has 0 aromatic heterocycles. The van der Waals surface area contributed by atoms with E-state index in [9.17, 15) is 14.4 Å². The molecule has 2 aromatic rings. The van der Waals surface area contributed by atoms with Crippen LogP contribution in [0.4, 0.5) is 4.79 Å². The molecule has 0 saturated carbocycles. The third kappa shape index (κ3) is 7.90. The molecule has 0 aliphatic heterocycles. The number of ether oxygens (including phenoxy) is 2. The molecule has 2 amide bonds. The summed E-state index contributed by atoms with van der Waals surface area (Å²) in [4.78, 5) is 35.4. The molecule has 0 bridgehead atoms. The first-order chi connectivity index (χ1) is 13.5. The van der Waals surface area contributed by atoms with Crippen LogP contribution in [0, 0.1) is 0 Å². The lowest BCUT2D eigenvalue weighted by Crippen LogP contribution is -2.40. The van der Waals surface area contributed by atoms with E-state index in [4.69, 9.17) is 9.47 Å². The van der Waals surface area contributed by atoms with E-state index < -0.39 is 18.1 Å². The van der Waals surface area contributed by atoms with Gasteiger partial charge < -0.3 is 20.1 Å². The van der Waals surface area contributed by atoms with Crippen LogP contribution < -0.4 is 10.6 Å². The lowest BCUT2D eigenvalue weighted by molar-refractivity contribution is -0.148. The largest absolute Gasteiger partial charge is 0.459 e. The van der Waals surface area contributed by atoms with Crippen molar-refractivity contribution >= 4 is 18.0 Å². The second-order valence-corrected chi connectivity index (χ2v) is 6.12. The van der Waals surface area contributed by atoms with Gasteiger partial charge in [-0.1, -0.05) is 60.7 Å². The van der Waals surface area contributed by atoms with Crippen LogP contribution in [0.25, 0.3) is 0 Å². The van der Waals surface area contributed by atoms with Crippen LogP contribution in [0.1, 0.15) is 24.5 Å². The van der Waals surface area contributed by atoms with Gasteiger partial charge in [0.1, 0.15) is 19.3 Å². The van der Waals surface area contributed by atoms with Gasteiger partial charge in [-0.15, -0.1) is 0 Å². The number of hydrogen-bond acceptors (Lipinski definition) is 5. The number of alkyl carbamates (subject to hydrolysis) is 1. The topological polar surface area (TPSA) is 93.7 Å². The summed E-state index contributed by atoms with van der Waals surface area (Å²) in [6, 6.07) is 17.8. The van der Waals surface area contributed by atoms with Crippen molar-refractivity contribution in [2.24, 2.45) is 0 Å². The van der Waals surface area contributed by atoms with Crippen LogP contribution in [-0.2, 0) is 32.3 Å². The van der Waals surface area contributed by atoms with Gasteiger partial charge in [-0.05, 0) is 18.1 Å². The van der Waals surface area contributed by atoms with Crippen molar-refractivity contribution < 1.29 is 23.9 Å². The van der Waals surface area contributed by atoms with Crippen molar-refractivity contribution in [1.29, 1.82) is 0 Å². The Hall–Kier alpha value is -3.35. The SMILES string of the molecule is CC(NC(=O)CCNC(=O)OCc1ccccc1)C(=O)OCc1ccccc1. The lowest BCUT2D eigenvalue weighted by Gasteiger charge is -2.13. The number of carbonyl (C=O) groups excluding carboxylic acids is 3. The van der Waals surface area contributed by atoms with Crippen molar-refractivity contribution in [2.75, 3.05) is 6.54 Å². The Labute approximate surface area is 164 Å². The molecule has 0 heterocycles. The van der Waals surface area contributed by atoms with E-state index in [0.29, 0.717) is 0 Å². The highest BCUT2D eigenvalue weighted by molar-refractivity contribution is 5.84. The highest BCUT2D eigenvalue weighted by atomic mass is 16.5. The van der Waals surface area contributed by atoms with E-state index in [-0.39, 0.29) is 32.1 Å². The zero-order valence-electron chi connectivity index (χ0n) is 15.7. The minimum Gasteiger partial charge on any atom is -0.459 e. The van der Waals surface area contributed by atoms with Crippen molar-refractivity contribution in [2.45, 2.75) is 32.6 Å². The molecular formula is C21H24N2O5. The molecule has 2 rings (SSSR count). The molecule has 148 valence electrons. The fourth-order valence-electron chi connectivity index (χ4n) is 2.28. The van der Waals surface area contributed by atoms with Gasteiger partial charge in [0.15, 0.2) is 0 Å². The average molecular weight is 384 g/mol. The van der Waals surface area contributed by atoms with Crippen LogP contribution in [0.3, 0.4) is 0 Å². The zero-order valence-corrected chi connectivity index (χ0v) is 15.7. The maximum atomic E-state index is 11.9. The molecule has 0 aliphatic carbocycles. The summed E-state index contributed by atoms with van der Waals surface area (Å²) in [5, 5.41) is 5.04. The zero-order chi connectivity index (χ0) is 20.2. The Morgan fingerprint density at radius 2 is 1.39 bits per heavy atom. The number of hydrogen-bond donors (Lipinski definition) is 2. The molecule has 0 aliphatic rings. The van der Waals surface area contributed by atoms with Crippen LogP contribution in [-0.4, -0.2) is 30.6 Å². The maximum Gasteiger partial charge on any atom is 0.407 e. The first-order valence-corrected chi connectivity index (χ1v) is 8.99. The fourth-order valence-corrected chi connectivity index (χ4v) is 2.28. The minimum atomic E-state index is -0.777. The monoisotopic (exact) mass is 384 g/mol. The van der Waals surface area contributed by atoms with Gasteiger partial charge in [0.05, 0.1) is 0 Å². The van der Waals surface area contributed by atoms with Gasteiger partial charge >= 0.3 is 12.1 Å². The second kappa shape index (κ2) is 11.4. The number of esters is 1. The van der Waals surface area contributed by atoms with Gasteiger partial charge in [0.2, 0.25) is 5.91 Å². The number of benzene rings is 2. The highest BCUT2D eigenvalue weighted by Crippen LogP contribution is 2.02. The molecular weight excluding hydrogens is 360 g/mol. The Morgan fingerprint density at radius 1 is 0.857 bits per heavy atom. The predicted octanol–water partition coefficient (Wildman–Crippen LogP) is 2.55. The molecule has 1 unspecified atom stereocenters. The Bertz CT molecular complexity index is 765. The summed E-state index contributed by atoms with van der Waals surface area (Å²) in [6.45, 7) is 1.95. The van der Waals surface area contributed by atoms with Gasteiger partial charge in [-0.25, -0.2) is 9.59 Å². The highest BCUT2D eigenvalue weighted by Gasteiger charge is 2.17. The fraction of sp³-hybridized carbons (Fsp3) is 0.286. The molecule has 2 aromatic carbocycles. The summed E-state index contributed by atoms with van der Waals surface area (Å²) in [7, 11) is 0. The third-order valence-corrected chi connectivity index (χ3v) is 3.79. The van der Waals surface area contributed by atoms with Gasteiger partial charge in [0.25, 0.3) is 0 Å². The predicted molar refractivity (Wildman–Crippen MR) is 103 cm³/mol. The third-order valence-electron chi connectivity index (χ3n) is 3.79. The van der Waals surface area contributed by atoms with E-state index in [1.807, 2.05) is 60.7 Å². The first kappa shape index (κ1) is 21.0. The molecule has 0 spiro atoms. The first-order valence-electron chi connectivity index (χ1n) is 8.99. The lowest BCUT2D eigenvalue weighted by atomic mass is 10.2. The van der Waals surface area contributed by atoms with Crippen LogP contribution >= 0.6 is 0 Å². The van der Waals surface area contributed by atoms with Crippen molar-refractivity contribution in [1.82, 2.24) is 10.6 Å². The Morgan fingerprint density at radius 3 is 1.96 bits per heavy atom. The number of amides is 2. The van der Waals surface area contributed by atoms with E-state index in [1.165, 1.54) is 0 Å².